The van der Waals surface area contributed by atoms with Crippen LogP contribution in [0.25, 0.3) is 0 Å². The molecule has 1 atom stereocenters. The Bertz CT molecular complexity index is 656. The second-order valence-corrected chi connectivity index (χ2v) is 7.19. The molecule has 1 aromatic rings. The van der Waals surface area contributed by atoms with Gasteiger partial charge in [0.25, 0.3) is 0 Å². The molecule has 0 saturated carbocycles. The second-order valence-electron chi connectivity index (χ2n) is 7.19. The maximum atomic E-state index is 11.4. The Morgan fingerprint density at radius 2 is 2.11 bits per heavy atom. The molecular weight excluding hydrogens is 340 g/mol. The van der Waals surface area contributed by atoms with Gasteiger partial charge in [-0.2, -0.15) is 0 Å². The largest absolute Gasteiger partial charge is 0.495 e. The zero-order chi connectivity index (χ0) is 19.8. The van der Waals surface area contributed by atoms with Crippen molar-refractivity contribution in [2.45, 2.75) is 46.6 Å². The Morgan fingerprint density at radius 1 is 1.37 bits per heavy atom. The lowest BCUT2D eigenvalue weighted by Crippen LogP contribution is -2.40. The molecule has 6 nitrogen and oxygen atoms in total. The normalized spacial score (nSPS) is 17.3. The summed E-state index contributed by atoms with van der Waals surface area (Å²) in [6.45, 7) is 8.86. The molecule has 150 valence electrons. The summed E-state index contributed by atoms with van der Waals surface area (Å²) in [7, 11) is 3.44. The first-order valence-corrected chi connectivity index (χ1v) is 9.92. The third-order valence-corrected chi connectivity index (χ3v) is 5.48. The average Bonchev–Trinajstić information content (AvgIpc) is 3.13. The smallest absolute Gasteiger partial charge is 0.221 e. The van der Waals surface area contributed by atoms with E-state index in [9.17, 15) is 4.79 Å². The number of nitrogens with zero attached hydrogens (tertiary/aromatic N) is 2. The van der Waals surface area contributed by atoms with E-state index in [1.54, 1.807) is 7.11 Å². The van der Waals surface area contributed by atoms with Crippen LogP contribution in [-0.4, -0.2) is 44.0 Å². The van der Waals surface area contributed by atoms with Gasteiger partial charge in [0.05, 0.1) is 12.8 Å². The molecule has 6 heteroatoms. The van der Waals surface area contributed by atoms with Crippen LogP contribution < -0.4 is 15.4 Å². The van der Waals surface area contributed by atoms with Gasteiger partial charge in [0, 0.05) is 33.6 Å². The lowest BCUT2D eigenvalue weighted by Gasteiger charge is -2.24. The lowest BCUT2D eigenvalue weighted by molar-refractivity contribution is -0.114. The first kappa shape index (κ1) is 21.1. The molecule has 0 bridgehead atoms. The predicted octanol–water partition coefficient (Wildman–Crippen LogP) is 3.49. The minimum atomic E-state index is -0.112. The van der Waals surface area contributed by atoms with Gasteiger partial charge in [0.1, 0.15) is 5.75 Å². The van der Waals surface area contributed by atoms with Crippen LogP contribution in [0.4, 0.5) is 5.69 Å². The maximum absolute atomic E-state index is 11.4. The molecule has 0 spiro atoms. The van der Waals surface area contributed by atoms with E-state index >= 15 is 0 Å². The third-order valence-electron chi connectivity index (χ3n) is 5.48. The maximum Gasteiger partial charge on any atom is 0.221 e. The van der Waals surface area contributed by atoms with Crippen LogP contribution in [0.15, 0.2) is 23.2 Å². The molecule has 0 aromatic heterocycles. The standard InChI is InChI=1S/C21H34N4O2/c1-6-17(7-2)18-10-11-25(14-18)21(22-4)23-13-16-8-9-20(27-5)19(12-16)24-15(3)26/h8-9,12,17-18H,6-7,10-11,13-14H2,1-5H3,(H,22,23)(H,24,26). The lowest BCUT2D eigenvalue weighted by atomic mass is 9.87. The quantitative estimate of drug-likeness (QED) is 0.566. The highest BCUT2D eigenvalue weighted by molar-refractivity contribution is 5.90. The second kappa shape index (κ2) is 10.2. The van der Waals surface area contributed by atoms with Crippen LogP contribution >= 0.6 is 0 Å². The summed E-state index contributed by atoms with van der Waals surface area (Å²) in [5.41, 5.74) is 1.76. The number of hydrogen-bond acceptors (Lipinski definition) is 3. The zero-order valence-corrected chi connectivity index (χ0v) is 17.3. The van der Waals surface area contributed by atoms with Gasteiger partial charge in [-0.25, -0.2) is 0 Å². The molecule has 1 aliphatic rings. The van der Waals surface area contributed by atoms with Crippen molar-refractivity contribution in [3.8, 4) is 5.75 Å². The summed E-state index contributed by atoms with van der Waals surface area (Å²) in [5, 5.41) is 6.28. The molecule has 1 aromatic carbocycles. The van der Waals surface area contributed by atoms with Gasteiger partial charge in [-0.3, -0.25) is 9.79 Å². The van der Waals surface area contributed by atoms with Crippen molar-refractivity contribution in [2.24, 2.45) is 16.8 Å². The number of nitrogens with one attached hydrogen (secondary N) is 2. The number of amides is 1. The molecule has 1 amide bonds. The molecule has 1 aliphatic heterocycles. The van der Waals surface area contributed by atoms with Crippen molar-refractivity contribution in [3.05, 3.63) is 23.8 Å². The molecule has 1 fully saturated rings. The van der Waals surface area contributed by atoms with Gasteiger partial charge in [-0.1, -0.05) is 32.8 Å². The number of anilines is 1. The van der Waals surface area contributed by atoms with Crippen LogP contribution in [0.1, 0.15) is 45.6 Å². The van der Waals surface area contributed by atoms with E-state index in [1.807, 2.05) is 25.2 Å². The number of benzene rings is 1. The number of hydrogen-bond donors (Lipinski definition) is 2. The van der Waals surface area contributed by atoms with Gasteiger partial charge in [0.15, 0.2) is 5.96 Å². The van der Waals surface area contributed by atoms with E-state index in [-0.39, 0.29) is 5.91 Å². The van der Waals surface area contributed by atoms with Gasteiger partial charge in [-0.15, -0.1) is 0 Å². The fourth-order valence-electron chi connectivity index (χ4n) is 3.99. The first-order chi connectivity index (χ1) is 13.0. The molecule has 1 unspecified atom stereocenters. The summed E-state index contributed by atoms with van der Waals surface area (Å²) in [6, 6.07) is 5.82. The highest BCUT2D eigenvalue weighted by Gasteiger charge is 2.29. The molecule has 1 heterocycles. The van der Waals surface area contributed by atoms with Crippen molar-refractivity contribution in [1.29, 1.82) is 0 Å². The molecular formula is C21H34N4O2. The van der Waals surface area contributed by atoms with Crippen molar-refractivity contribution >= 4 is 17.6 Å². The summed E-state index contributed by atoms with van der Waals surface area (Å²) in [4.78, 5) is 18.2. The predicted molar refractivity (Wildman–Crippen MR) is 111 cm³/mol. The summed E-state index contributed by atoms with van der Waals surface area (Å²) < 4.78 is 5.32. The number of likely N-dealkylation sites (tertiary alicyclic amines) is 1. The van der Waals surface area contributed by atoms with Gasteiger partial charge in [-0.05, 0) is 36.0 Å². The Balaban J connectivity index is 1.99. The highest BCUT2D eigenvalue weighted by Crippen LogP contribution is 2.29. The van der Waals surface area contributed by atoms with Crippen molar-refractivity contribution in [2.75, 3.05) is 32.6 Å². The Kier molecular flexibility index (Phi) is 7.95. The number of methoxy groups -OCH3 is 1. The minimum absolute atomic E-state index is 0.112. The summed E-state index contributed by atoms with van der Waals surface area (Å²) >= 11 is 0. The van der Waals surface area contributed by atoms with E-state index in [4.69, 9.17) is 4.74 Å². The third kappa shape index (κ3) is 5.62. The van der Waals surface area contributed by atoms with Crippen LogP contribution in [-0.2, 0) is 11.3 Å². The monoisotopic (exact) mass is 374 g/mol. The SMILES string of the molecule is CCC(CC)C1CCN(C(=NC)NCc2ccc(OC)c(NC(C)=O)c2)C1. The highest BCUT2D eigenvalue weighted by atomic mass is 16.5. The summed E-state index contributed by atoms with van der Waals surface area (Å²) in [5.74, 6) is 3.05. The molecule has 27 heavy (non-hydrogen) atoms. The van der Waals surface area contributed by atoms with E-state index < -0.39 is 0 Å². The van der Waals surface area contributed by atoms with E-state index in [0.29, 0.717) is 18.0 Å². The van der Waals surface area contributed by atoms with Crippen LogP contribution in [0.3, 0.4) is 0 Å². The van der Waals surface area contributed by atoms with Gasteiger partial charge in [0.2, 0.25) is 5.91 Å². The number of carbonyl (C=O) groups excluding carboxylic acids is 1. The molecule has 0 radical (unpaired) electrons. The number of aliphatic imine (C=N–C) groups is 1. The van der Waals surface area contributed by atoms with E-state index in [1.165, 1.54) is 26.2 Å². The number of guanidine groups is 1. The molecule has 2 N–H and O–H groups in total. The van der Waals surface area contributed by atoms with E-state index in [0.717, 1.165) is 36.4 Å². The van der Waals surface area contributed by atoms with Crippen LogP contribution in [0, 0.1) is 11.8 Å². The number of carbonyl (C=O) groups is 1. The number of ether oxygens (including phenoxy) is 1. The zero-order valence-electron chi connectivity index (χ0n) is 17.3. The van der Waals surface area contributed by atoms with Gasteiger partial charge < -0.3 is 20.3 Å². The molecule has 1 saturated heterocycles. The van der Waals surface area contributed by atoms with E-state index in [2.05, 4.69) is 34.4 Å². The Hall–Kier alpha value is -2.24. The minimum Gasteiger partial charge on any atom is -0.495 e. The van der Waals surface area contributed by atoms with Crippen molar-refractivity contribution in [3.63, 3.8) is 0 Å². The average molecular weight is 375 g/mol. The first-order valence-electron chi connectivity index (χ1n) is 9.92. The van der Waals surface area contributed by atoms with Gasteiger partial charge >= 0.3 is 0 Å². The fourth-order valence-corrected chi connectivity index (χ4v) is 3.99. The Morgan fingerprint density at radius 3 is 2.70 bits per heavy atom. The fraction of sp³-hybridized carbons (Fsp3) is 0.619. The molecule has 2 rings (SSSR count). The molecule has 0 aliphatic carbocycles. The summed E-state index contributed by atoms with van der Waals surface area (Å²) in [6.07, 6.45) is 3.74. The van der Waals surface area contributed by atoms with Crippen molar-refractivity contribution < 1.29 is 9.53 Å². The van der Waals surface area contributed by atoms with Crippen molar-refractivity contribution in [1.82, 2.24) is 10.2 Å². The topological polar surface area (TPSA) is 66.0 Å². The van der Waals surface area contributed by atoms with Crippen LogP contribution in [0.2, 0.25) is 0 Å². The number of rotatable bonds is 7. The van der Waals surface area contributed by atoms with Crippen LogP contribution in [0.5, 0.6) is 5.75 Å². The Labute approximate surface area is 163 Å².